The van der Waals surface area contributed by atoms with Gasteiger partial charge in [-0.15, -0.1) is 0 Å². The molecular formula is C21H39NO4S. The van der Waals surface area contributed by atoms with Crippen LogP contribution in [-0.2, 0) is 10.1 Å². The normalized spacial score (nSPS) is 12.0. The average Bonchev–Trinajstić information content (AvgIpc) is 2.59. The smallest absolute Gasteiger partial charge is 0.132 e. The Bertz CT molecular complexity index is 608. The van der Waals surface area contributed by atoms with Crippen LogP contribution >= 0.6 is 0 Å². The molecule has 0 radical (unpaired) electrons. The van der Waals surface area contributed by atoms with E-state index >= 15 is 0 Å². The van der Waals surface area contributed by atoms with Crippen molar-refractivity contribution in [3.05, 3.63) is 29.8 Å². The molecule has 1 aromatic rings. The molecule has 27 heavy (non-hydrogen) atoms. The van der Waals surface area contributed by atoms with Crippen molar-refractivity contribution in [1.82, 2.24) is 4.48 Å². The van der Waals surface area contributed by atoms with Crippen LogP contribution in [0.4, 0.5) is 5.69 Å². The van der Waals surface area contributed by atoms with Crippen molar-refractivity contribution in [3.8, 4) is 0 Å². The van der Waals surface area contributed by atoms with E-state index in [0.29, 0.717) is 12.3 Å². The van der Waals surface area contributed by atoms with Gasteiger partial charge in [0, 0.05) is 24.8 Å². The molecule has 0 heterocycles. The summed E-state index contributed by atoms with van der Waals surface area (Å²) in [7, 11) is 0.527. The molecule has 0 aliphatic rings. The van der Waals surface area contributed by atoms with Gasteiger partial charge in [0.15, 0.2) is 0 Å². The number of aliphatic hydroxyl groups excluding tert-OH is 1. The summed E-state index contributed by atoms with van der Waals surface area (Å²) in [5.41, 5.74) is 2.84. The van der Waals surface area contributed by atoms with Crippen LogP contribution < -0.4 is 4.48 Å². The van der Waals surface area contributed by atoms with Crippen molar-refractivity contribution in [2.75, 3.05) is 33.0 Å². The molecule has 5 nitrogen and oxygen atoms in total. The molecule has 1 rings (SSSR count). The Labute approximate surface area is 166 Å². The minimum Gasteiger partial charge on any atom is -0.748 e. The minimum atomic E-state index is -3.92. The van der Waals surface area contributed by atoms with E-state index in [1.54, 1.807) is 6.92 Å². The van der Waals surface area contributed by atoms with E-state index in [9.17, 15) is 13.0 Å². The first-order valence-electron chi connectivity index (χ1n) is 10.1. The van der Waals surface area contributed by atoms with Crippen LogP contribution in [0.3, 0.4) is 0 Å². The second-order valence-electron chi connectivity index (χ2n) is 7.62. The van der Waals surface area contributed by atoms with E-state index in [2.05, 4.69) is 52.2 Å². The highest BCUT2D eigenvalue weighted by atomic mass is 32.2. The Morgan fingerprint density at radius 3 is 2.07 bits per heavy atom. The molecule has 0 aliphatic heterocycles. The van der Waals surface area contributed by atoms with Crippen molar-refractivity contribution in [1.29, 1.82) is 0 Å². The molecule has 0 fully saturated rings. The molecule has 0 bridgehead atoms. The second kappa shape index (κ2) is 13.3. The Hall–Kier alpha value is -0.950. The summed E-state index contributed by atoms with van der Waals surface area (Å²) in [4.78, 5) is 0. The Balaban J connectivity index is 0.000000821. The third-order valence-electron chi connectivity index (χ3n) is 4.64. The van der Waals surface area contributed by atoms with E-state index < -0.39 is 10.1 Å². The fraction of sp³-hybridized carbons (Fsp3) is 0.714. The third kappa shape index (κ3) is 11.5. The highest BCUT2D eigenvalue weighted by Gasteiger charge is 2.20. The molecule has 1 N–H and O–H groups in total. The first-order chi connectivity index (χ1) is 12.6. The van der Waals surface area contributed by atoms with Crippen LogP contribution in [0.25, 0.3) is 0 Å². The average molecular weight is 402 g/mol. The Kier molecular flexibility index (Phi) is 12.8. The van der Waals surface area contributed by atoms with Gasteiger partial charge in [-0.05, 0) is 36.8 Å². The summed E-state index contributed by atoms with van der Waals surface area (Å²) < 4.78 is 29.9. The predicted molar refractivity (Wildman–Crippen MR) is 114 cm³/mol. The van der Waals surface area contributed by atoms with Crippen LogP contribution in [0.5, 0.6) is 0 Å². The minimum absolute atomic E-state index is 0.243. The van der Waals surface area contributed by atoms with Gasteiger partial charge in [-0.1, -0.05) is 45.7 Å². The monoisotopic (exact) mass is 401 g/mol. The SMILES string of the molecule is CCCC(CCC)c1cccc([N+](C)(C)CCCO)c1.CCCS(=O)(=O)[O-]. The molecule has 1 aromatic carbocycles. The highest BCUT2D eigenvalue weighted by Crippen LogP contribution is 2.30. The van der Waals surface area contributed by atoms with Crippen LogP contribution in [0.1, 0.15) is 70.8 Å². The molecule has 0 spiro atoms. The molecule has 0 amide bonds. The van der Waals surface area contributed by atoms with E-state index in [4.69, 9.17) is 5.11 Å². The summed E-state index contributed by atoms with van der Waals surface area (Å²) in [5.74, 6) is 0.454. The summed E-state index contributed by atoms with van der Waals surface area (Å²) in [6, 6.07) is 9.08. The van der Waals surface area contributed by atoms with Crippen LogP contribution in [0.2, 0.25) is 0 Å². The molecule has 0 aromatic heterocycles. The van der Waals surface area contributed by atoms with E-state index in [-0.39, 0.29) is 12.4 Å². The van der Waals surface area contributed by atoms with Crippen molar-refractivity contribution < 1.29 is 18.1 Å². The molecule has 0 aliphatic carbocycles. The molecule has 0 unspecified atom stereocenters. The zero-order valence-corrected chi connectivity index (χ0v) is 18.6. The fourth-order valence-electron chi connectivity index (χ4n) is 3.17. The quantitative estimate of drug-likeness (QED) is 0.444. The summed E-state index contributed by atoms with van der Waals surface area (Å²) in [5, 5.41) is 9.05. The third-order valence-corrected chi connectivity index (χ3v) is 5.55. The van der Waals surface area contributed by atoms with Crippen LogP contribution in [0.15, 0.2) is 24.3 Å². The molecule has 158 valence electrons. The summed E-state index contributed by atoms with van der Waals surface area (Å²) in [6.07, 6.45) is 6.31. The van der Waals surface area contributed by atoms with Gasteiger partial charge in [0.05, 0.1) is 30.8 Å². The first kappa shape index (κ1) is 26.1. The highest BCUT2D eigenvalue weighted by molar-refractivity contribution is 7.85. The Morgan fingerprint density at radius 1 is 1.07 bits per heavy atom. The zero-order chi connectivity index (χ0) is 20.9. The second-order valence-corrected chi connectivity index (χ2v) is 9.14. The molecule has 6 heteroatoms. The van der Waals surface area contributed by atoms with Gasteiger partial charge in [0.25, 0.3) is 0 Å². The lowest BCUT2D eigenvalue weighted by Crippen LogP contribution is -2.41. The van der Waals surface area contributed by atoms with Gasteiger partial charge < -0.3 is 9.66 Å². The van der Waals surface area contributed by atoms with E-state index in [1.165, 1.54) is 36.9 Å². The van der Waals surface area contributed by atoms with Crippen LogP contribution in [-0.4, -0.2) is 51.1 Å². The maximum atomic E-state index is 9.68. The Morgan fingerprint density at radius 2 is 1.67 bits per heavy atom. The lowest BCUT2D eigenvalue weighted by atomic mass is 9.90. The lowest BCUT2D eigenvalue weighted by Gasteiger charge is -2.30. The maximum Gasteiger partial charge on any atom is 0.132 e. The number of hydrogen-bond donors (Lipinski definition) is 1. The largest absolute Gasteiger partial charge is 0.748 e. The zero-order valence-electron chi connectivity index (χ0n) is 17.8. The number of rotatable bonds is 11. The number of benzene rings is 1. The fourth-order valence-corrected chi connectivity index (χ4v) is 3.67. The van der Waals surface area contributed by atoms with Gasteiger partial charge in [-0.3, -0.25) is 4.48 Å². The number of hydrogen-bond acceptors (Lipinski definition) is 4. The maximum absolute atomic E-state index is 9.68. The first-order valence-corrected chi connectivity index (χ1v) is 11.7. The predicted octanol–water partition coefficient (Wildman–Crippen LogP) is 4.26. The van der Waals surface area contributed by atoms with E-state index in [1.807, 2.05) is 0 Å². The standard InChI is InChI=1S/C18H32NO.C3H8O3S/c1-5-9-16(10-6-2)17-11-7-12-18(15-17)19(3,4)13-8-14-20;1-2-3-7(4,5)6/h7,11-12,15-16,20H,5-6,8-10,13-14H2,1-4H3;2-3H2,1H3,(H,4,5,6)/q+1;/p-1. The van der Waals surface area contributed by atoms with Gasteiger partial charge in [0.2, 0.25) is 0 Å². The van der Waals surface area contributed by atoms with Gasteiger partial charge in [-0.2, -0.15) is 0 Å². The van der Waals surface area contributed by atoms with Crippen molar-refractivity contribution >= 4 is 15.8 Å². The topological polar surface area (TPSA) is 77.4 Å². The lowest BCUT2D eigenvalue weighted by molar-refractivity contribution is 0.262. The van der Waals surface area contributed by atoms with Crippen molar-refractivity contribution in [2.24, 2.45) is 0 Å². The van der Waals surface area contributed by atoms with Gasteiger partial charge in [-0.25, -0.2) is 8.42 Å². The van der Waals surface area contributed by atoms with Crippen molar-refractivity contribution in [2.45, 2.75) is 65.2 Å². The molecule has 0 saturated carbocycles. The number of nitrogens with zero attached hydrogens (tertiary/aromatic N) is 1. The van der Waals surface area contributed by atoms with Crippen molar-refractivity contribution in [3.63, 3.8) is 0 Å². The van der Waals surface area contributed by atoms with Gasteiger partial charge >= 0.3 is 0 Å². The molecule has 0 atom stereocenters. The number of quaternary nitrogens is 1. The van der Waals surface area contributed by atoms with Gasteiger partial charge in [0.1, 0.15) is 5.69 Å². The molecular weight excluding hydrogens is 362 g/mol. The van der Waals surface area contributed by atoms with E-state index in [0.717, 1.165) is 17.4 Å². The molecule has 0 saturated heterocycles. The summed E-state index contributed by atoms with van der Waals surface area (Å²) >= 11 is 0. The number of aliphatic hydroxyl groups is 1. The summed E-state index contributed by atoms with van der Waals surface area (Å²) in [6.45, 7) is 7.44. The van der Waals surface area contributed by atoms with Crippen LogP contribution in [0, 0.1) is 0 Å².